The summed E-state index contributed by atoms with van der Waals surface area (Å²) in [7, 11) is 0. The predicted molar refractivity (Wildman–Crippen MR) is 82.2 cm³/mol. The molecule has 0 N–H and O–H groups in total. The Kier molecular flexibility index (Phi) is 5.22. The third kappa shape index (κ3) is 4.56. The molecule has 0 aromatic heterocycles. The highest BCUT2D eigenvalue weighted by molar-refractivity contribution is 7.98. The first-order valence-corrected chi connectivity index (χ1v) is 7.50. The molecule has 0 radical (unpaired) electrons. The number of hydrogen-bond donors (Lipinski definition) is 0. The monoisotopic (exact) mass is 270 g/mol. The van der Waals surface area contributed by atoms with E-state index in [1.165, 1.54) is 11.1 Å². The van der Waals surface area contributed by atoms with Crippen molar-refractivity contribution in [1.82, 2.24) is 0 Å². The van der Waals surface area contributed by atoms with Crippen LogP contribution in [0.3, 0.4) is 0 Å². The second kappa shape index (κ2) is 7.15. The van der Waals surface area contributed by atoms with Gasteiger partial charge in [0.2, 0.25) is 0 Å². The Hall–Kier alpha value is -1.54. The smallest absolute Gasteiger partial charge is 0.131 e. The summed E-state index contributed by atoms with van der Waals surface area (Å²) in [6, 6.07) is 20.7. The van der Waals surface area contributed by atoms with Crippen molar-refractivity contribution >= 4 is 17.5 Å². The fourth-order valence-electron chi connectivity index (χ4n) is 1.97. The molecule has 2 aromatic carbocycles. The van der Waals surface area contributed by atoms with Crippen LogP contribution in [0.15, 0.2) is 60.7 Å². The summed E-state index contributed by atoms with van der Waals surface area (Å²) in [5, 5.41) is 0.249. The molecule has 1 nitrogen and oxygen atoms in total. The van der Waals surface area contributed by atoms with E-state index in [2.05, 4.69) is 36.4 Å². The third-order valence-corrected chi connectivity index (χ3v) is 4.28. The molecule has 0 spiro atoms. The maximum Gasteiger partial charge on any atom is 0.131 e. The fourth-order valence-corrected chi connectivity index (χ4v) is 3.26. The van der Waals surface area contributed by atoms with Crippen molar-refractivity contribution in [3.8, 4) is 0 Å². The highest BCUT2D eigenvalue weighted by Gasteiger charge is 2.14. The molecule has 0 bridgehead atoms. The van der Waals surface area contributed by atoms with Crippen LogP contribution in [0.25, 0.3) is 0 Å². The van der Waals surface area contributed by atoms with Crippen LogP contribution in [0.2, 0.25) is 0 Å². The lowest BCUT2D eigenvalue weighted by Crippen LogP contribution is -2.01. The molecule has 0 aliphatic carbocycles. The molecule has 0 aliphatic rings. The molecule has 0 aliphatic heterocycles. The topological polar surface area (TPSA) is 17.1 Å². The summed E-state index contributed by atoms with van der Waals surface area (Å²) in [6.07, 6.45) is 0.599. The maximum absolute atomic E-state index is 11.4. The van der Waals surface area contributed by atoms with E-state index >= 15 is 0 Å². The highest BCUT2D eigenvalue weighted by atomic mass is 32.2. The molecular formula is C17H18OS. The van der Waals surface area contributed by atoms with Gasteiger partial charge >= 0.3 is 0 Å². The standard InChI is InChI=1S/C17H18OS/c1-14(18)12-17(16-10-6-3-7-11-16)19-13-15-8-4-2-5-9-15/h2-11,17H,12-13H2,1H3/t17-/m1/s1. The van der Waals surface area contributed by atoms with Gasteiger partial charge in [-0.2, -0.15) is 0 Å². The molecule has 0 fully saturated rings. The zero-order valence-electron chi connectivity index (χ0n) is 11.1. The second-order valence-electron chi connectivity index (χ2n) is 4.60. The van der Waals surface area contributed by atoms with Crippen LogP contribution in [0, 0.1) is 0 Å². The van der Waals surface area contributed by atoms with Gasteiger partial charge < -0.3 is 0 Å². The van der Waals surface area contributed by atoms with Crippen LogP contribution in [0.4, 0.5) is 0 Å². The first kappa shape index (κ1) is 13.9. The van der Waals surface area contributed by atoms with E-state index in [0.29, 0.717) is 6.42 Å². The molecular weight excluding hydrogens is 252 g/mol. The van der Waals surface area contributed by atoms with Gasteiger partial charge in [0.15, 0.2) is 0 Å². The van der Waals surface area contributed by atoms with Crippen molar-refractivity contribution in [3.05, 3.63) is 71.8 Å². The van der Waals surface area contributed by atoms with Crippen LogP contribution in [0.5, 0.6) is 0 Å². The van der Waals surface area contributed by atoms with E-state index in [1.54, 1.807) is 6.92 Å². The van der Waals surface area contributed by atoms with E-state index in [1.807, 2.05) is 36.0 Å². The van der Waals surface area contributed by atoms with E-state index < -0.39 is 0 Å². The van der Waals surface area contributed by atoms with Crippen molar-refractivity contribution in [2.75, 3.05) is 0 Å². The van der Waals surface area contributed by atoms with Gasteiger partial charge in [0, 0.05) is 17.4 Å². The minimum Gasteiger partial charge on any atom is -0.300 e. The number of thioether (sulfide) groups is 1. The van der Waals surface area contributed by atoms with Gasteiger partial charge in [0.05, 0.1) is 0 Å². The van der Waals surface area contributed by atoms with Gasteiger partial charge in [0.1, 0.15) is 5.78 Å². The number of Topliss-reactive ketones (excluding diaryl/α,β-unsaturated/α-hetero) is 1. The van der Waals surface area contributed by atoms with E-state index in [4.69, 9.17) is 0 Å². The Morgan fingerprint density at radius 2 is 1.58 bits per heavy atom. The predicted octanol–water partition coefficient (Wildman–Crippen LogP) is 4.64. The zero-order chi connectivity index (χ0) is 13.5. The molecule has 1 atom stereocenters. The van der Waals surface area contributed by atoms with Crippen molar-refractivity contribution in [2.45, 2.75) is 24.3 Å². The zero-order valence-corrected chi connectivity index (χ0v) is 11.9. The van der Waals surface area contributed by atoms with Gasteiger partial charge in [-0.05, 0) is 18.1 Å². The Labute approximate surface area is 119 Å². The summed E-state index contributed by atoms with van der Waals surface area (Å²) in [4.78, 5) is 11.4. The minimum atomic E-state index is 0.245. The van der Waals surface area contributed by atoms with Gasteiger partial charge in [0.25, 0.3) is 0 Å². The van der Waals surface area contributed by atoms with Gasteiger partial charge in [-0.25, -0.2) is 0 Å². The summed E-state index contributed by atoms with van der Waals surface area (Å²) >= 11 is 1.84. The van der Waals surface area contributed by atoms with Crippen molar-refractivity contribution in [3.63, 3.8) is 0 Å². The lowest BCUT2D eigenvalue weighted by atomic mass is 10.1. The number of carbonyl (C=O) groups is 1. The van der Waals surface area contributed by atoms with Crippen LogP contribution in [0.1, 0.15) is 29.7 Å². The van der Waals surface area contributed by atoms with E-state index in [0.717, 1.165) is 5.75 Å². The van der Waals surface area contributed by atoms with Crippen molar-refractivity contribution in [1.29, 1.82) is 0 Å². The average Bonchev–Trinajstić information content (AvgIpc) is 2.45. The number of rotatable bonds is 6. The SMILES string of the molecule is CC(=O)C[C@@H](SCc1ccccc1)c1ccccc1. The molecule has 2 heteroatoms. The van der Waals surface area contributed by atoms with Gasteiger partial charge in [-0.15, -0.1) is 11.8 Å². The van der Waals surface area contributed by atoms with Crippen molar-refractivity contribution in [2.24, 2.45) is 0 Å². The minimum absolute atomic E-state index is 0.245. The molecule has 0 heterocycles. The van der Waals surface area contributed by atoms with E-state index in [-0.39, 0.29) is 11.0 Å². The summed E-state index contributed by atoms with van der Waals surface area (Å²) in [6.45, 7) is 1.67. The molecule has 19 heavy (non-hydrogen) atoms. The Bertz CT molecular complexity index is 507. The maximum atomic E-state index is 11.4. The van der Waals surface area contributed by atoms with Gasteiger partial charge in [-0.1, -0.05) is 60.7 Å². The lowest BCUT2D eigenvalue weighted by Gasteiger charge is -2.15. The van der Waals surface area contributed by atoms with Gasteiger partial charge in [-0.3, -0.25) is 4.79 Å². The number of hydrogen-bond acceptors (Lipinski definition) is 2. The number of carbonyl (C=O) groups excluding carboxylic acids is 1. The molecule has 0 unspecified atom stereocenters. The molecule has 0 amide bonds. The van der Waals surface area contributed by atoms with Crippen LogP contribution in [-0.4, -0.2) is 5.78 Å². The largest absolute Gasteiger partial charge is 0.300 e. The molecule has 98 valence electrons. The second-order valence-corrected chi connectivity index (χ2v) is 5.79. The Morgan fingerprint density at radius 1 is 1.00 bits per heavy atom. The normalized spacial score (nSPS) is 12.1. The molecule has 2 aromatic rings. The lowest BCUT2D eigenvalue weighted by molar-refractivity contribution is -0.117. The quantitative estimate of drug-likeness (QED) is 0.760. The molecule has 0 saturated carbocycles. The Balaban J connectivity index is 2.04. The summed E-state index contributed by atoms with van der Waals surface area (Å²) in [5.74, 6) is 1.18. The third-order valence-electron chi connectivity index (χ3n) is 2.94. The first-order chi connectivity index (χ1) is 9.25. The van der Waals surface area contributed by atoms with Crippen molar-refractivity contribution < 1.29 is 4.79 Å². The molecule has 2 rings (SSSR count). The summed E-state index contributed by atoms with van der Waals surface area (Å²) < 4.78 is 0. The number of ketones is 1. The number of benzene rings is 2. The first-order valence-electron chi connectivity index (χ1n) is 6.45. The molecule has 0 saturated heterocycles. The summed E-state index contributed by atoms with van der Waals surface area (Å²) in [5.41, 5.74) is 2.54. The average molecular weight is 270 g/mol. The van der Waals surface area contributed by atoms with Crippen LogP contribution >= 0.6 is 11.8 Å². The van der Waals surface area contributed by atoms with Crippen LogP contribution < -0.4 is 0 Å². The highest BCUT2D eigenvalue weighted by Crippen LogP contribution is 2.34. The fraction of sp³-hybridized carbons (Fsp3) is 0.235. The van der Waals surface area contributed by atoms with Crippen LogP contribution in [-0.2, 0) is 10.5 Å². The van der Waals surface area contributed by atoms with E-state index in [9.17, 15) is 4.79 Å². The Morgan fingerprint density at radius 3 is 2.16 bits per heavy atom.